The molecule has 0 radical (unpaired) electrons. The minimum atomic E-state index is 0.743. The van der Waals surface area contributed by atoms with Crippen molar-refractivity contribution in [1.82, 2.24) is 15.2 Å². The number of hydrogen-bond donors (Lipinski definition) is 1. The van der Waals surface area contributed by atoms with Gasteiger partial charge in [-0.05, 0) is 46.0 Å². The molecule has 0 aliphatic heterocycles. The highest BCUT2D eigenvalue weighted by Crippen LogP contribution is 2.22. The SMILES string of the molecule is CN(C)CCCN(C)c1ccncc1CNC1CC1. The molecule has 1 N–H and O–H groups in total. The molecular formula is C15H26N4. The van der Waals surface area contributed by atoms with Crippen molar-refractivity contribution in [1.29, 1.82) is 0 Å². The second-order valence-electron chi connectivity index (χ2n) is 5.74. The van der Waals surface area contributed by atoms with Crippen molar-refractivity contribution < 1.29 is 0 Å². The van der Waals surface area contributed by atoms with Gasteiger partial charge in [-0.2, -0.15) is 0 Å². The lowest BCUT2D eigenvalue weighted by molar-refractivity contribution is 0.401. The lowest BCUT2D eigenvalue weighted by Gasteiger charge is -2.23. The summed E-state index contributed by atoms with van der Waals surface area (Å²) in [5.41, 5.74) is 2.61. The van der Waals surface area contributed by atoms with Crippen molar-refractivity contribution in [3.63, 3.8) is 0 Å². The first-order chi connectivity index (χ1) is 9.16. The second-order valence-corrected chi connectivity index (χ2v) is 5.74. The van der Waals surface area contributed by atoms with Gasteiger partial charge in [0.15, 0.2) is 0 Å². The Labute approximate surface area is 116 Å². The van der Waals surface area contributed by atoms with Gasteiger partial charge in [0.2, 0.25) is 0 Å². The van der Waals surface area contributed by atoms with Gasteiger partial charge in [0, 0.05) is 49.8 Å². The molecule has 0 bridgehead atoms. The van der Waals surface area contributed by atoms with Crippen LogP contribution in [0.25, 0.3) is 0 Å². The van der Waals surface area contributed by atoms with E-state index in [4.69, 9.17) is 0 Å². The maximum atomic E-state index is 4.26. The van der Waals surface area contributed by atoms with E-state index in [1.165, 1.54) is 30.5 Å². The molecule has 1 heterocycles. The first-order valence-corrected chi connectivity index (χ1v) is 7.19. The van der Waals surface area contributed by atoms with Crippen molar-refractivity contribution >= 4 is 5.69 Å². The zero-order chi connectivity index (χ0) is 13.7. The van der Waals surface area contributed by atoms with Crippen molar-refractivity contribution in [2.75, 3.05) is 39.1 Å². The normalized spacial score (nSPS) is 14.9. The van der Waals surface area contributed by atoms with Crippen LogP contribution in [-0.4, -0.2) is 50.2 Å². The molecular weight excluding hydrogens is 236 g/mol. The number of anilines is 1. The molecule has 1 saturated carbocycles. The van der Waals surface area contributed by atoms with Gasteiger partial charge in [0.05, 0.1) is 0 Å². The third kappa shape index (κ3) is 4.80. The summed E-state index contributed by atoms with van der Waals surface area (Å²) in [7, 11) is 6.42. The first-order valence-electron chi connectivity index (χ1n) is 7.19. The summed E-state index contributed by atoms with van der Waals surface area (Å²) in [5.74, 6) is 0. The summed E-state index contributed by atoms with van der Waals surface area (Å²) < 4.78 is 0. The monoisotopic (exact) mass is 262 g/mol. The molecule has 0 aromatic carbocycles. The summed E-state index contributed by atoms with van der Waals surface area (Å²) in [6, 6.07) is 2.87. The maximum absolute atomic E-state index is 4.26. The molecule has 1 aliphatic carbocycles. The Balaban J connectivity index is 1.89. The lowest BCUT2D eigenvalue weighted by atomic mass is 10.2. The minimum absolute atomic E-state index is 0.743. The van der Waals surface area contributed by atoms with Crippen LogP contribution in [0.3, 0.4) is 0 Å². The molecule has 0 atom stereocenters. The van der Waals surface area contributed by atoms with Crippen LogP contribution in [0.5, 0.6) is 0 Å². The predicted molar refractivity (Wildman–Crippen MR) is 80.5 cm³/mol. The molecule has 0 unspecified atom stereocenters. The summed E-state index contributed by atoms with van der Waals surface area (Å²) in [4.78, 5) is 8.83. The molecule has 0 spiro atoms. The van der Waals surface area contributed by atoms with E-state index in [-0.39, 0.29) is 0 Å². The zero-order valence-electron chi connectivity index (χ0n) is 12.4. The smallest absolute Gasteiger partial charge is 0.0440 e. The minimum Gasteiger partial charge on any atom is -0.374 e. The van der Waals surface area contributed by atoms with Crippen molar-refractivity contribution in [2.24, 2.45) is 0 Å². The Bertz CT molecular complexity index is 387. The Morgan fingerprint density at radius 2 is 2.05 bits per heavy atom. The van der Waals surface area contributed by atoms with E-state index in [1.54, 1.807) is 0 Å². The average Bonchev–Trinajstić information content (AvgIpc) is 3.20. The van der Waals surface area contributed by atoms with E-state index in [1.807, 2.05) is 12.4 Å². The number of rotatable bonds is 8. The Hall–Kier alpha value is -1.13. The van der Waals surface area contributed by atoms with Crippen LogP contribution in [0.4, 0.5) is 5.69 Å². The quantitative estimate of drug-likeness (QED) is 0.773. The standard InChI is InChI=1S/C15H26N4/c1-18(2)9-4-10-19(3)15-7-8-16-11-13(15)12-17-14-5-6-14/h7-8,11,14,17H,4-6,9-10,12H2,1-3H3. The van der Waals surface area contributed by atoms with Crippen LogP contribution in [0.2, 0.25) is 0 Å². The number of hydrogen-bond acceptors (Lipinski definition) is 4. The van der Waals surface area contributed by atoms with Crippen molar-refractivity contribution in [2.45, 2.75) is 31.8 Å². The second kappa shape index (κ2) is 6.87. The molecule has 4 heteroatoms. The lowest BCUT2D eigenvalue weighted by Crippen LogP contribution is -2.25. The molecule has 1 aromatic heterocycles. The Morgan fingerprint density at radius 3 is 2.74 bits per heavy atom. The van der Waals surface area contributed by atoms with Gasteiger partial charge in [0.25, 0.3) is 0 Å². The highest BCUT2D eigenvalue weighted by atomic mass is 15.1. The van der Waals surface area contributed by atoms with Gasteiger partial charge in [-0.1, -0.05) is 0 Å². The topological polar surface area (TPSA) is 31.4 Å². The fourth-order valence-corrected chi connectivity index (χ4v) is 2.21. The van der Waals surface area contributed by atoms with E-state index in [0.717, 1.165) is 25.7 Å². The molecule has 106 valence electrons. The highest BCUT2D eigenvalue weighted by Gasteiger charge is 2.20. The van der Waals surface area contributed by atoms with Gasteiger partial charge in [-0.3, -0.25) is 4.98 Å². The molecule has 1 aliphatic rings. The molecule has 1 aromatic rings. The molecule has 2 rings (SSSR count). The summed E-state index contributed by atoms with van der Waals surface area (Å²) in [6.45, 7) is 3.15. The van der Waals surface area contributed by atoms with Crippen LogP contribution >= 0.6 is 0 Å². The third-order valence-corrected chi connectivity index (χ3v) is 3.55. The summed E-state index contributed by atoms with van der Waals surface area (Å²) in [6.07, 6.45) is 7.72. The van der Waals surface area contributed by atoms with Crippen LogP contribution in [0, 0.1) is 0 Å². The Kier molecular flexibility index (Phi) is 5.16. The van der Waals surface area contributed by atoms with Crippen LogP contribution in [0.1, 0.15) is 24.8 Å². The fraction of sp³-hybridized carbons (Fsp3) is 0.667. The zero-order valence-corrected chi connectivity index (χ0v) is 12.4. The highest BCUT2D eigenvalue weighted by molar-refractivity contribution is 5.51. The van der Waals surface area contributed by atoms with Gasteiger partial charge < -0.3 is 15.1 Å². The largest absolute Gasteiger partial charge is 0.374 e. The predicted octanol–water partition coefficient (Wildman–Crippen LogP) is 1.72. The number of nitrogens with zero attached hydrogens (tertiary/aromatic N) is 3. The molecule has 0 saturated heterocycles. The fourth-order valence-electron chi connectivity index (χ4n) is 2.21. The summed E-state index contributed by atoms with van der Waals surface area (Å²) in [5, 5.41) is 3.57. The summed E-state index contributed by atoms with van der Waals surface area (Å²) >= 11 is 0. The maximum Gasteiger partial charge on any atom is 0.0440 e. The van der Waals surface area contributed by atoms with Crippen LogP contribution in [-0.2, 0) is 6.54 Å². The van der Waals surface area contributed by atoms with E-state index in [9.17, 15) is 0 Å². The van der Waals surface area contributed by atoms with Crippen molar-refractivity contribution in [3.8, 4) is 0 Å². The number of aromatic nitrogens is 1. The third-order valence-electron chi connectivity index (χ3n) is 3.55. The van der Waals surface area contributed by atoms with E-state index < -0.39 is 0 Å². The number of pyridine rings is 1. The molecule has 19 heavy (non-hydrogen) atoms. The Morgan fingerprint density at radius 1 is 1.26 bits per heavy atom. The van der Waals surface area contributed by atoms with Crippen LogP contribution in [0.15, 0.2) is 18.5 Å². The van der Waals surface area contributed by atoms with Crippen LogP contribution < -0.4 is 10.2 Å². The first kappa shape index (κ1) is 14.3. The van der Waals surface area contributed by atoms with E-state index >= 15 is 0 Å². The van der Waals surface area contributed by atoms with Gasteiger partial charge in [-0.15, -0.1) is 0 Å². The van der Waals surface area contributed by atoms with Gasteiger partial charge in [-0.25, -0.2) is 0 Å². The molecule has 4 nitrogen and oxygen atoms in total. The van der Waals surface area contributed by atoms with Gasteiger partial charge >= 0.3 is 0 Å². The van der Waals surface area contributed by atoms with E-state index in [0.29, 0.717) is 0 Å². The number of nitrogens with one attached hydrogen (secondary N) is 1. The van der Waals surface area contributed by atoms with Crippen molar-refractivity contribution in [3.05, 3.63) is 24.0 Å². The van der Waals surface area contributed by atoms with E-state index in [2.05, 4.69) is 47.3 Å². The van der Waals surface area contributed by atoms with Gasteiger partial charge in [0.1, 0.15) is 0 Å². The average molecular weight is 262 g/mol. The molecule has 1 fully saturated rings. The molecule has 0 amide bonds.